The molecule has 0 radical (unpaired) electrons. The molecule has 0 heterocycles. The monoisotopic (exact) mass is 263 g/mol. The highest BCUT2D eigenvalue weighted by atomic mass is 16.5. The van der Waals surface area contributed by atoms with E-state index in [2.05, 4.69) is 19.2 Å². The van der Waals surface area contributed by atoms with Crippen LogP contribution in [0.1, 0.15) is 37.6 Å². The molecule has 1 aromatic carbocycles. The van der Waals surface area contributed by atoms with Crippen LogP contribution in [0.4, 0.5) is 0 Å². The van der Waals surface area contributed by atoms with E-state index in [4.69, 9.17) is 4.74 Å². The van der Waals surface area contributed by atoms with Crippen molar-refractivity contribution in [3.8, 4) is 5.75 Å². The average Bonchev–Trinajstić information content (AvgIpc) is 2.38. The second kappa shape index (κ2) is 5.21. The number of nitrogens with one attached hydrogen (secondary N) is 1. The Morgan fingerprint density at radius 2 is 2.05 bits per heavy atom. The number of aromatic hydroxyl groups is 1. The van der Waals surface area contributed by atoms with Gasteiger partial charge in [-0.15, -0.1) is 0 Å². The minimum absolute atomic E-state index is 0.0391. The standard InChI is InChI=1S/C15H21NO3/c1-4-19-13-9-12(15(13,2)3)16-14(18)10-5-7-11(17)8-6-10/h5-8,12-13,17H,4,9H2,1-3H3,(H,16,18). The summed E-state index contributed by atoms with van der Waals surface area (Å²) in [5.41, 5.74) is 0.524. The summed E-state index contributed by atoms with van der Waals surface area (Å²) in [5.74, 6) is 0.0601. The van der Waals surface area contributed by atoms with Crippen molar-refractivity contribution in [1.29, 1.82) is 0 Å². The van der Waals surface area contributed by atoms with Crippen LogP contribution in [0.25, 0.3) is 0 Å². The van der Waals surface area contributed by atoms with E-state index >= 15 is 0 Å². The van der Waals surface area contributed by atoms with Crippen LogP contribution in [0.5, 0.6) is 5.75 Å². The van der Waals surface area contributed by atoms with Crippen molar-refractivity contribution in [2.75, 3.05) is 6.61 Å². The van der Waals surface area contributed by atoms with Gasteiger partial charge in [0.05, 0.1) is 6.10 Å². The van der Waals surface area contributed by atoms with Gasteiger partial charge in [-0.1, -0.05) is 13.8 Å². The maximum Gasteiger partial charge on any atom is 0.251 e. The van der Waals surface area contributed by atoms with Gasteiger partial charge in [0.25, 0.3) is 5.91 Å². The average molecular weight is 263 g/mol. The molecule has 1 fully saturated rings. The fourth-order valence-corrected chi connectivity index (χ4v) is 2.47. The van der Waals surface area contributed by atoms with Crippen LogP contribution in [0.2, 0.25) is 0 Å². The van der Waals surface area contributed by atoms with E-state index in [0.717, 1.165) is 6.42 Å². The summed E-state index contributed by atoms with van der Waals surface area (Å²) in [4.78, 5) is 12.1. The first-order valence-corrected chi connectivity index (χ1v) is 6.66. The van der Waals surface area contributed by atoms with Crippen LogP contribution in [0, 0.1) is 5.41 Å². The van der Waals surface area contributed by atoms with Gasteiger partial charge in [0.2, 0.25) is 0 Å². The molecular formula is C15H21NO3. The number of phenols is 1. The highest BCUT2D eigenvalue weighted by Crippen LogP contribution is 2.42. The topological polar surface area (TPSA) is 58.6 Å². The molecule has 0 aliphatic heterocycles. The molecule has 1 aliphatic carbocycles. The van der Waals surface area contributed by atoms with Crippen LogP contribution in [-0.4, -0.2) is 29.8 Å². The van der Waals surface area contributed by atoms with Crippen molar-refractivity contribution in [2.45, 2.75) is 39.3 Å². The molecule has 0 saturated heterocycles. The molecule has 4 heteroatoms. The van der Waals surface area contributed by atoms with Gasteiger partial charge in [0, 0.05) is 23.6 Å². The zero-order chi connectivity index (χ0) is 14.0. The number of phenolic OH excluding ortho intramolecular Hbond substituents is 1. The highest BCUT2D eigenvalue weighted by Gasteiger charge is 2.49. The number of ether oxygens (including phenoxy) is 1. The van der Waals surface area contributed by atoms with E-state index in [0.29, 0.717) is 12.2 Å². The number of benzene rings is 1. The smallest absolute Gasteiger partial charge is 0.251 e. The van der Waals surface area contributed by atoms with Crippen molar-refractivity contribution in [3.63, 3.8) is 0 Å². The first kappa shape index (κ1) is 13.9. The second-order valence-corrected chi connectivity index (χ2v) is 5.57. The SMILES string of the molecule is CCOC1CC(NC(=O)c2ccc(O)cc2)C1(C)C. The molecular weight excluding hydrogens is 242 g/mol. The minimum atomic E-state index is -0.104. The first-order valence-electron chi connectivity index (χ1n) is 6.66. The first-order chi connectivity index (χ1) is 8.95. The van der Waals surface area contributed by atoms with Gasteiger partial charge in [0.15, 0.2) is 0 Å². The van der Waals surface area contributed by atoms with Crippen LogP contribution >= 0.6 is 0 Å². The van der Waals surface area contributed by atoms with Gasteiger partial charge < -0.3 is 15.2 Å². The van der Waals surface area contributed by atoms with Crippen molar-refractivity contribution < 1.29 is 14.6 Å². The van der Waals surface area contributed by atoms with Gasteiger partial charge in [-0.25, -0.2) is 0 Å². The normalized spacial score (nSPS) is 24.6. The van der Waals surface area contributed by atoms with E-state index in [9.17, 15) is 9.90 Å². The Bertz CT molecular complexity index is 453. The van der Waals surface area contributed by atoms with E-state index < -0.39 is 0 Å². The number of carbonyl (C=O) groups excluding carboxylic acids is 1. The van der Waals surface area contributed by atoms with Gasteiger partial charge in [-0.2, -0.15) is 0 Å². The number of carbonyl (C=O) groups is 1. The van der Waals surface area contributed by atoms with Crippen LogP contribution in [0.3, 0.4) is 0 Å². The lowest BCUT2D eigenvalue weighted by Gasteiger charge is -2.51. The van der Waals surface area contributed by atoms with E-state index in [-0.39, 0.29) is 29.2 Å². The Hall–Kier alpha value is -1.55. The van der Waals surface area contributed by atoms with E-state index in [1.807, 2.05) is 6.92 Å². The van der Waals surface area contributed by atoms with Crippen molar-refractivity contribution in [1.82, 2.24) is 5.32 Å². The van der Waals surface area contributed by atoms with Crippen LogP contribution < -0.4 is 5.32 Å². The van der Waals surface area contributed by atoms with Crippen LogP contribution in [-0.2, 0) is 4.74 Å². The third-order valence-electron chi connectivity index (χ3n) is 3.98. The van der Waals surface area contributed by atoms with Crippen molar-refractivity contribution in [2.24, 2.45) is 5.41 Å². The van der Waals surface area contributed by atoms with Crippen molar-refractivity contribution in [3.05, 3.63) is 29.8 Å². The fraction of sp³-hybridized carbons (Fsp3) is 0.533. The lowest BCUT2D eigenvalue weighted by molar-refractivity contribution is -0.111. The Morgan fingerprint density at radius 3 is 2.58 bits per heavy atom. The molecule has 0 spiro atoms. The molecule has 2 atom stereocenters. The zero-order valence-corrected chi connectivity index (χ0v) is 11.6. The number of rotatable bonds is 4. The molecule has 2 unspecified atom stereocenters. The summed E-state index contributed by atoms with van der Waals surface area (Å²) in [7, 11) is 0. The fourth-order valence-electron chi connectivity index (χ4n) is 2.47. The summed E-state index contributed by atoms with van der Waals surface area (Å²) in [6, 6.07) is 6.41. The van der Waals surface area contributed by atoms with Gasteiger partial charge in [-0.3, -0.25) is 4.79 Å². The maximum atomic E-state index is 12.1. The molecule has 104 valence electrons. The number of hydrogen-bond donors (Lipinski definition) is 2. The Kier molecular flexibility index (Phi) is 3.80. The molecule has 2 rings (SSSR count). The Labute approximate surface area is 113 Å². The zero-order valence-electron chi connectivity index (χ0n) is 11.6. The molecule has 1 saturated carbocycles. The molecule has 0 aromatic heterocycles. The molecule has 1 aromatic rings. The summed E-state index contributed by atoms with van der Waals surface area (Å²) in [6.45, 7) is 6.91. The molecule has 1 aliphatic rings. The summed E-state index contributed by atoms with van der Waals surface area (Å²) in [6.07, 6.45) is 1.06. The van der Waals surface area contributed by atoms with Gasteiger partial charge in [-0.05, 0) is 37.6 Å². The molecule has 19 heavy (non-hydrogen) atoms. The number of amides is 1. The van der Waals surface area contributed by atoms with E-state index in [1.165, 1.54) is 12.1 Å². The van der Waals surface area contributed by atoms with E-state index in [1.54, 1.807) is 12.1 Å². The molecule has 0 bridgehead atoms. The Balaban J connectivity index is 1.96. The predicted molar refractivity (Wildman–Crippen MR) is 73.2 cm³/mol. The second-order valence-electron chi connectivity index (χ2n) is 5.57. The van der Waals surface area contributed by atoms with Crippen molar-refractivity contribution >= 4 is 5.91 Å². The third kappa shape index (κ3) is 2.73. The molecule has 1 amide bonds. The van der Waals surface area contributed by atoms with Gasteiger partial charge in [0.1, 0.15) is 5.75 Å². The molecule has 2 N–H and O–H groups in total. The summed E-state index contributed by atoms with van der Waals surface area (Å²) >= 11 is 0. The highest BCUT2D eigenvalue weighted by molar-refractivity contribution is 5.94. The van der Waals surface area contributed by atoms with Crippen LogP contribution in [0.15, 0.2) is 24.3 Å². The number of hydrogen-bond acceptors (Lipinski definition) is 3. The maximum absolute atomic E-state index is 12.1. The molecule has 4 nitrogen and oxygen atoms in total. The lowest BCUT2D eigenvalue weighted by atomic mass is 9.64. The van der Waals surface area contributed by atoms with Gasteiger partial charge >= 0.3 is 0 Å². The third-order valence-corrected chi connectivity index (χ3v) is 3.98. The largest absolute Gasteiger partial charge is 0.508 e. The summed E-state index contributed by atoms with van der Waals surface area (Å²) in [5, 5.41) is 12.2. The quantitative estimate of drug-likeness (QED) is 0.876. The Morgan fingerprint density at radius 1 is 1.42 bits per heavy atom. The predicted octanol–water partition coefficient (Wildman–Crippen LogP) is 2.33. The minimum Gasteiger partial charge on any atom is -0.508 e. The summed E-state index contributed by atoms with van der Waals surface area (Å²) < 4.78 is 5.64. The lowest BCUT2D eigenvalue weighted by Crippen LogP contribution is -2.62.